The van der Waals surface area contributed by atoms with Crippen molar-refractivity contribution in [3.8, 4) is 0 Å². The molecule has 14 heavy (non-hydrogen) atoms. The highest BCUT2D eigenvalue weighted by Crippen LogP contribution is 2.19. The number of hydrogen-bond donors (Lipinski definition) is 3. The molecule has 1 rings (SSSR count). The van der Waals surface area contributed by atoms with E-state index < -0.39 is 0 Å². The molecule has 4 nitrogen and oxygen atoms in total. The van der Waals surface area contributed by atoms with Gasteiger partial charge in [-0.2, -0.15) is 0 Å². The second kappa shape index (κ2) is 4.72. The fourth-order valence-corrected chi connectivity index (χ4v) is 1.11. The van der Waals surface area contributed by atoms with Gasteiger partial charge in [-0.05, 0) is 32.3 Å². The van der Waals surface area contributed by atoms with Gasteiger partial charge in [0.15, 0.2) is 0 Å². The summed E-state index contributed by atoms with van der Waals surface area (Å²) in [5.41, 5.74) is 13.5. The molecule has 0 amide bonds. The molecule has 1 aromatic carbocycles. The van der Waals surface area contributed by atoms with Crippen molar-refractivity contribution in [2.24, 2.45) is 0 Å². The van der Waals surface area contributed by atoms with Crippen molar-refractivity contribution in [3.63, 3.8) is 0 Å². The van der Waals surface area contributed by atoms with Crippen LogP contribution in [0.15, 0.2) is 18.2 Å². The van der Waals surface area contributed by atoms with E-state index in [1.165, 1.54) is 0 Å². The molecule has 0 unspecified atom stereocenters. The van der Waals surface area contributed by atoms with Gasteiger partial charge in [0, 0.05) is 18.8 Å². The Morgan fingerprint density at radius 1 is 1.21 bits per heavy atom. The molecule has 0 fully saturated rings. The van der Waals surface area contributed by atoms with Crippen LogP contribution in [0.3, 0.4) is 0 Å². The van der Waals surface area contributed by atoms with Gasteiger partial charge in [0.2, 0.25) is 0 Å². The standard InChI is InChI=1S/C10H18N4/c1-14(2)6-5-13-8-3-4-9(11)10(12)7-8/h3-4,7,13H,5-6,11-12H2,1-2H3. The van der Waals surface area contributed by atoms with E-state index >= 15 is 0 Å². The summed E-state index contributed by atoms with van der Waals surface area (Å²) >= 11 is 0. The summed E-state index contributed by atoms with van der Waals surface area (Å²) in [6.45, 7) is 1.89. The Balaban J connectivity index is 2.47. The van der Waals surface area contributed by atoms with E-state index in [2.05, 4.69) is 10.2 Å². The molecule has 78 valence electrons. The second-order valence-electron chi connectivity index (χ2n) is 3.57. The third kappa shape index (κ3) is 3.14. The first-order valence-corrected chi connectivity index (χ1v) is 4.63. The summed E-state index contributed by atoms with van der Waals surface area (Å²) < 4.78 is 0. The first kappa shape index (κ1) is 10.7. The Kier molecular flexibility index (Phi) is 3.59. The Morgan fingerprint density at radius 2 is 1.93 bits per heavy atom. The average molecular weight is 194 g/mol. The van der Waals surface area contributed by atoms with Crippen LogP contribution in [0.5, 0.6) is 0 Å². The largest absolute Gasteiger partial charge is 0.397 e. The predicted molar refractivity (Wildman–Crippen MR) is 62.3 cm³/mol. The number of hydrogen-bond acceptors (Lipinski definition) is 4. The Hall–Kier alpha value is -1.42. The minimum atomic E-state index is 0.625. The van der Waals surface area contributed by atoms with Crippen molar-refractivity contribution in [2.45, 2.75) is 0 Å². The highest BCUT2D eigenvalue weighted by molar-refractivity contribution is 5.69. The fourth-order valence-electron chi connectivity index (χ4n) is 1.11. The van der Waals surface area contributed by atoms with Crippen LogP contribution < -0.4 is 16.8 Å². The summed E-state index contributed by atoms with van der Waals surface area (Å²) in [5, 5.41) is 3.27. The van der Waals surface area contributed by atoms with Crippen molar-refractivity contribution in [1.82, 2.24) is 4.90 Å². The third-order valence-corrected chi connectivity index (χ3v) is 1.97. The van der Waals surface area contributed by atoms with Crippen LogP contribution in [0.2, 0.25) is 0 Å². The van der Waals surface area contributed by atoms with E-state index in [9.17, 15) is 0 Å². The first-order valence-electron chi connectivity index (χ1n) is 4.63. The summed E-state index contributed by atoms with van der Waals surface area (Å²) in [5.74, 6) is 0. The predicted octanol–water partition coefficient (Wildman–Crippen LogP) is 0.825. The van der Waals surface area contributed by atoms with E-state index in [4.69, 9.17) is 11.5 Å². The van der Waals surface area contributed by atoms with E-state index in [1.807, 2.05) is 32.3 Å². The highest BCUT2D eigenvalue weighted by atomic mass is 15.1. The fraction of sp³-hybridized carbons (Fsp3) is 0.400. The number of rotatable bonds is 4. The van der Waals surface area contributed by atoms with Gasteiger partial charge in [-0.1, -0.05) is 0 Å². The SMILES string of the molecule is CN(C)CCNc1ccc(N)c(N)c1. The molecule has 0 aromatic heterocycles. The number of nitrogen functional groups attached to an aromatic ring is 2. The van der Waals surface area contributed by atoms with E-state index in [0.29, 0.717) is 11.4 Å². The molecule has 0 saturated heterocycles. The molecule has 0 heterocycles. The number of nitrogens with one attached hydrogen (secondary N) is 1. The number of nitrogens with two attached hydrogens (primary N) is 2. The van der Waals surface area contributed by atoms with Crippen molar-refractivity contribution in [3.05, 3.63) is 18.2 Å². The first-order chi connectivity index (χ1) is 6.59. The number of benzene rings is 1. The lowest BCUT2D eigenvalue weighted by Crippen LogP contribution is -2.20. The topological polar surface area (TPSA) is 67.3 Å². The van der Waals surface area contributed by atoms with E-state index in [0.717, 1.165) is 18.8 Å². The van der Waals surface area contributed by atoms with Gasteiger partial charge in [-0.25, -0.2) is 0 Å². The summed E-state index contributed by atoms with van der Waals surface area (Å²) in [4.78, 5) is 2.12. The number of likely N-dealkylation sites (N-methyl/N-ethyl adjacent to an activating group) is 1. The van der Waals surface area contributed by atoms with Crippen molar-refractivity contribution < 1.29 is 0 Å². The lowest BCUT2D eigenvalue weighted by molar-refractivity contribution is 0.425. The molecule has 0 spiro atoms. The molecule has 5 N–H and O–H groups in total. The lowest BCUT2D eigenvalue weighted by atomic mass is 10.2. The molecule has 0 aliphatic heterocycles. The monoisotopic (exact) mass is 194 g/mol. The van der Waals surface area contributed by atoms with Crippen LogP contribution in [-0.4, -0.2) is 32.1 Å². The van der Waals surface area contributed by atoms with Crippen molar-refractivity contribution >= 4 is 17.1 Å². The number of nitrogens with zero attached hydrogens (tertiary/aromatic N) is 1. The molecule has 0 bridgehead atoms. The molecule has 0 aliphatic rings. The van der Waals surface area contributed by atoms with Gasteiger partial charge in [-0.3, -0.25) is 0 Å². The Morgan fingerprint density at radius 3 is 2.50 bits per heavy atom. The highest BCUT2D eigenvalue weighted by Gasteiger charge is 1.96. The maximum absolute atomic E-state index is 5.68. The summed E-state index contributed by atoms with van der Waals surface area (Å²) in [7, 11) is 4.08. The molecule has 4 heteroatoms. The van der Waals surface area contributed by atoms with Crippen molar-refractivity contribution in [1.29, 1.82) is 0 Å². The smallest absolute Gasteiger partial charge is 0.0568 e. The quantitative estimate of drug-likeness (QED) is 0.621. The molecular weight excluding hydrogens is 176 g/mol. The average Bonchev–Trinajstić information content (AvgIpc) is 2.10. The van der Waals surface area contributed by atoms with Gasteiger partial charge in [0.05, 0.1) is 11.4 Å². The third-order valence-electron chi connectivity index (χ3n) is 1.97. The van der Waals surface area contributed by atoms with Gasteiger partial charge in [0.1, 0.15) is 0 Å². The molecule has 0 saturated carbocycles. The molecular formula is C10H18N4. The van der Waals surface area contributed by atoms with E-state index in [-0.39, 0.29) is 0 Å². The minimum Gasteiger partial charge on any atom is -0.397 e. The van der Waals surface area contributed by atoms with Crippen LogP contribution in [-0.2, 0) is 0 Å². The van der Waals surface area contributed by atoms with Crippen LogP contribution in [0.4, 0.5) is 17.1 Å². The molecule has 0 aliphatic carbocycles. The van der Waals surface area contributed by atoms with Crippen molar-refractivity contribution in [2.75, 3.05) is 44.0 Å². The zero-order valence-corrected chi connectivity index (χ0v) is 8.75. The summed E-state index contributed by atoms with van der Waals surface area (Å²) in [6, 6.07) is 5.60. The van der Waals surface area contributed by atoms with Crippen LogP contribution in [0, 0.1) is 0 Å². The number of anilines is 3. The normalized spacial score (nSPS) is 10.5. The van der Waals surface area contributed by atoms with Gasteiger partial charge < -0.3 is 21.7 Å². The van der Waals surface area contributed by atoms with E-state index in [1.54, 1.807) is 0 Å². The Labute approximate surface area is 84.9 Å². The zero-order valence-electron chi connectivity index (χ0n) is 8.75. The molecule has 1 aromatic rings. The minimum absolute atomic E-state index is 0.625. The summed E-state index contributed by atoms with van der Waals surface area (Å²) in [6.07, 6.45) is 0. The lowest BCUT2D eigenvalue weighted by Gasteiger charge is -2.12. The molecule has 0 atom stereocenters. The van der Waals surface area contributed by atoms with Crippen LogP contribution >= 0.6 is 0 Å². The van der Waals surface area contributed by atoms with Gasteiger partial charge in [-0.15, -0.1) is 0 Å². The van der Waals surface area contributed by atoms with Gasteiger partial charge in [0.25, 0.3) is 0 Å². The molecule has 0 radical (unpaired) electrons. The maximum Gasteiger partial charge on any atom is 0.0568 e. The second-order valence-corrected chi connectivity index (χ2v) is 3.57. The van der Waals surface area contributed by atoms with Crippen LogP contribution in [0.25, 0.3) is 0 Å². The zero-order chi connectivity index (χ0) is 10.6. The maximum atomic E-state index is 5.68. The van der Waals surface area contributed by atoms with Crippen LogP contribution in [0.1, 0.15) is 0 Å². The van der Waals surface area contributed by atoms with Gasteiger partial charge >= 0.3 is 0 Å². The Bertz CT molecular complexity index is 296.